The number of H-pyrrole nitrogens is 1. The monoisotopic (exact) mass is 557 g/mol. The molecule has 0 aliphatic heterocycles. The van der Waals surface area contributed by atoms with Gasteiger partial charge in [-0.2, -0.15) is 0 Å². The lowest BCUT2D eigenvalue weighted by molar-refractivity contribution is 0.0937. The summed E-state index contributed by atoms with van der Waals surface area (Å²) in [5, 5.41) is 0. The van der Waals surface area contributed by atoms with Gasteiger partial charge in [0, 0.05) is 30.8 Å². The van der Waals surface area contributed by atoms with Crippen molar-refractivity contribution < 1.29 is 22.3 Å². The van der Waals surface area contributed by atoms with E-state index in [2.05, 4.69) is 9.71 Å². The van der Waals surface area contributed by atoms with E-state index in [1.807, 2.05) is 20.8 Å². The molecule has 0 radical (unpaired) electrons. The van der Waals surface area contributed by atoms with Gasteiger partial charge in [0.2, 0.25) is 10.0 Å². The van der Waals surface area contributed by atoms with E-state index in [9.17, 15) is 22.8 Å². The van der Waals surface area contributed by atoms with E-state index in [0.29, 0.717) is 40.1 Å². The number of fused-ring (bicyclic) bond motifs is 1. The van der Waals surface area contributed by atoms with Crippen LogP contribution in [0, 0.1) is 5.41 Å². The highest BCUT2D eigenvalue weighted by atomic mass is 32.2. The fraction of sp³-hybridized carbons (Fsp3) is 0.393. The smallest absolute Gasteiger partial charge is 0.332 e. The van der Waals surface area contributed by atoms with E-state index in [4.69, 9.17) is 4.74 Å². The highest BCUT2D eigenvalue weighted by Gasteiger charge is 2.39. The highest BCUT2D eigenvalue weighted by Crippen LogP contribution is 2.44. The van der Waals surface area contributed by atoms with Crippen molar-refractivity contribution in [3.63, 3.8) is 0 Å². The SMILES string of the molecule is COc1c(C(=O)CC(C)(C)C)cc(-n2ccc(=O)[nH]c2=O)cc1-c1ccc2c(c1)CC[C@@]2(F)CNS(C)(=O)=O. The van der Waals surface area contributed by atoms with Crippen LogP contribution in [0.1, 0.15) is 55.1 Å². The van der Waals surface area contributed by atoms with E-state index in [1.54, 1.807) is 30.3 Å². The highest BCUT2D eigenvalue weighted by molar-refractivity contribution is 7.88. The number of benzene rings is 2. The lowest BCUT2D eigenvalue weighted by Gasteiger charge is -2.22. The summed E-state index contributed by atoms with van der Waals surface area (Å²) in [5.41, 5.74) is -0.494. The zero-order valence-electron chi connectivity index (χ0n) is 22.6. The van der Waals surface area contributed by atoms with Gasteiger partial charge in [0.1, 0.15) is 11.4 Å². The topological polar surface area (TPSA) is 127 Å². The predicted octanol–water partition coefficient (Wildman–Crippen LogP) is 3.48. The third-order valence-corrected chi connectivity index (χ3v) is 7.34. The first-order chi connectivity index (χ1) is 18.1. The first kappa shape index (κ1) is 28.4. The van der Waals surface area contributed by atoms with Gasteiger partial charge in [-0.25, -0.2) is 22.3 Å². The van der Waals surface area contributed by atoms with Gasteiger partial charge >= 0.3 is 5.69 Å². The molecule has 3 aromatic rings. The van der Waals surface area contributed by atoms with Gasteiger partial charge in [-0.05, 0) is 47.1 Å². The van der Waals surface area contributed by atoms with Gasteiger partial charge in [0.15, 0.2) is 5.78 Å². The number of aromatic amines is 1. The van der Waals surface area contributed by atoms with Crippen LogP contribution in [0.15, 0.2) is 52.2 Å². The quantitative estimate of drug-likeness (QED) is 0.408. The number of aromatic nitrogens is 2. The molecule has 9 nitrogen and oxygen atoms in total. The molecule has 39 heavy (non-hydrogen) atoms. The summed E-state index contributed by atoms with van der Waals surface area (Å²) in [6, 6.07) is 9.56. The molecule has 0 fully saturated rings. The van der Waals surface area contributed by atoms with E-state index in [-0.39, 0.29) is 36.1 Å². The molecular formula is C28H32FN3O6S. The minimum absolute atomic E-state index is 0.119. The second kappa shape index (κ2) is 10.2. The molecule has 208 valence electrons. The molecule has 0 spiro atoms. The second-order valence-electron chi connectivity index (χ2n) is 11.1. The van der Waals surface area contributed by atoms with E-state index >= 15 is 4.39 Å². The van der Waals surface area contributed by atoms with Gasteiger partial charge in [0.05, 0.1) is 24.6 Å². The van der Waals surface area contributed by atoms with Crippen molar-refractivity contribution in [2.24, 2.45) is 5.41 Å². The van der Waals surface area contributed by atoms with Gasteiger partial charge in [-0.1, -0.05) is 39.0 Å². The first-order valence-electron chi connectivity index (χ1n) is 12.5. The fourth-order valence-corrected chi connectivity index (χ4v) is 5.38. The molecule has 11 heteroatoms. The van der Waals surface area contributed by atoms with Crippen LogP contribution < -0.4 is 20.7 Å². The van der Waals surface area contributed by atoms with Crippen LogP contribution in [0.5, 0.6) is 5.75 Å². The van der Waals surface area contributed by atoms with Crippen molar-refractivity contribution in [2.45, 2.75) is 45.7 Å². The Labute approximate surface area is 226 Å². The zero-order chi connectivity index (χ0) is 28.8. The number of rotatable bonds is 8. The number of hydrogen-bond donors (Lipinski definition) is 2. The van der Waals surface area contributed by atoms with Gasteiger partial charge < -0.3 is 4.74 Å². The third kappa shape index (κ3) is 6.20. The minimum atomic E-state index is -3.56. The largest absolute Gasteiger partial charge is 0.495 e. The van der Waals surface area contributed by atoms with Crippen molar-refractivity contribution in [3.05, 3.63) is 80.1 Å². The Hall–Kier alpha value is -3.57. The number of halogens is 1. The number of alkyl halides is 1. The summed E-state index contributed by atoms with van der Waals surface area (Å²) in [7, 11) is -2.11. The first-order valence-corrected chi connectivity index (χ1v) is 14.3. The Morgan fingerprint density at radius 2 is 1.90 bits per heavy atom. The Morgan fingerprint density at radius 3 is 2.51 bits per heavy atom. The normalized spacial score (nSPS) is 17.2. The van der Waals surface area contributed by atoms with Crippen LogP contribution in [0.25, 0.3) is 16.8 Å². The summed E-state index contributed by atoms with van der Waals surface area (Å²) in [6.45, 7) is 5.46. The molecule has 0 saturated heterocycles. The van der Waals surface area contributed by atoms with Gasteiger partial charge in [-0.15, -0.1) is 0 Å². The fourth-order valence-electron chi connectivity index (χ4n) is 4.89. The van der Waals surface area contributed by atoms with Crippen LogP contribution in [-0.4, -0.2) is 43.7 Å². The minimum Gasteiger partial charge on any atom is -0.495 e. The molecule has 0 unspecified atom stereocenters. The van der Waals surface area contributed by atoms with Crippen LogP contribution >= 0.6 is 0 Å². The zero-order valence-corrected chi connectivity index (χ0v) is 23.4. The lowest BCUT2D eigenvalue weighted by atomic mass is 9.86. The second-order valence-corrected chi connectivity index (χ2v) is 13.0. The van der Waals surface area contributed by atoms with E-state index < -0.39 is 26.9 Å². The molecular weight excluding hydrogens is 525 g/mol. The molecule has 0 amide bonds. The molecule has 1 atom stereocenters. The number of nitrogens with one attached hydrogen (secondary N) is 2. The summed E-state index contributed by atoms with van der Waals surface area (Å²) in [6.07, 6.45) is 3.05. The molecule has 2 aromatic carbocycles. The molecule has 1 aromatic heterocycles. The van der Waals surface area contributed by atoms with Crippen molar-refractivity contribution in [1.29, 1.82) is 0 Å². The maximum atomic E-state index is 15.7. The molecule has 1 aliphatic rings. The van der Waals surface area contributed by atoms with Gasteiger partial charge in [0.25, 0.3) is 5.56 Å². The molecule has 4 rings (SSSR count). The van der Waals surface area contributed by atoms with E-state index in [1.165, 1.54) is 23.9 Å². The molecule has 1 heterocycles. The molecule has 0 saturated carbocycles. The summed E-state index contributed by atoms with van der Waals surface area (Å²) in [5.74, 6) is 0.129. The number of Topliss-reactive ketones (excluding diaryl/α,β-unsaturated/α-hetero) is 1. The Balaban J connectivity index is 1.88. The Bertz CT molecular complexity index is 1670. The standard InChI is InChI=1S/C28H32FN3O6S/c1-27(2,3)15-23(33)21-14-19(32-11-9-24(34)31-26(32)35)13-20(25(21)38-4)17-6-7-22-18(12-17)8-10-28(22,29)16-30-39(5,36)37/h6-7,9,11-14,30H,8,10,15-16H2,1-5H3,(H,31,34,35)/t28-/m1/s1. The molecule has 2 N–H and O–H groups in total. The average Bonchev–Trinajstić information content (AvgIpc) is 3.17. The van der Waals surface area contributed by atoms with Crippen molar-refractivity contribution in [1.82, 2.24) is 14.3 Å². The number of carbonyl (C=O) groups is 1. The van der Waals surface area contributed by atoms with Gasteiger partial charge in [-0.3, -0.25) is 19.1 Å². The maximum absolute atomic E-state index is 15.7. The van der Waals surface area contributed by atoms with Crippen LogP contribution in [0.4, 0.5) is 4.39 Å². The maximum Gasteiger partial charge on any atom is 0.332 e. The van der Waals surface area contributed by atoms with Crippen LogP contribution in [-0.2, 0) is 22.1 Å². The number of ketones is 1. The van der Waals surface area contributed by atoms with Crippen molar-refractivity contribution in [2.75, 3.05) is 19.9 Å². The number of carbonyl (C=O) groups excluding carboxylic acids is 1. The summed E-state index contributed by atoms with van der Waals surface area (Å²) in [4.78, 5) is 39.9. The number of aryl methyl sites for hydroxylation is 1. The van der Waals surface area contributed by atoms with Crippen LogP contribution in [0.3, 0.4) is 0 Å². The van der Waals surface area contributed by atoms with Crippen LogP contribution in [0.2, 0.25) is 0 Å². The Kier molecular flexibility index (Phi) is 7.44. The summed E-state index contributed by atoms with van der Waals surface area (Å²) >= 11 is 0. The number of sulfonamides is 1. The average molecular weight is 558 g/mol. The lowest BCUT2D eigenvalue weighted by Crippen LogP contribution is -2.35. The number of methoxy groups -OCH3 is 1. The number of ether oxygens (including phenoxy) is 1. The number of hydrogen-bond acceptors (Lipinski definition) is 6. The van der Waals surface area contributed by atoms with E-state index in [0.717, 1.165) is 6.26 Å². The molecule has 1 aliphatic carbocycles. The summed E-state index contributed by atoms with van der Waals surface area (Å²) < 4.78 is 48.1. The predicted molar refractivity (Wildman–Crippen MR) is 147 cm³/mol. The Morgan fingerprint density at radius 1 is 1.18 bits per heavy atom. The van der Waals surface area contributed by atoms with Crippen molar-refractivity contribution >= 4 is 15.8 Å². The molecule has 0 bridgehead atoms. The number of nitrogens with zero attached hydrogens (tertiary/aromatic N) is 1. The van der Waals surface area contributed by atoms with Crippen molar-refractivity contribution in [3.8, 4) is 22.6 Å². The third-order valence-electron chi connectivity index (χ3n) is 6.68.